The summed E-state index contributed by atoms with van der Waals surface area (Å²) in [6, 6.07) is 21.1. The summed E-state index contributed by atoms with van der Waals surface area (Å²) in [5.74, 6) is -0.812. The fraction of sp³-hybridized carbons (Fsp3) is 0.0357. The number of ether oxygens (including phenoxy) is 2. The van der Waals surface area contributed by atoms with Crippen molar-refractivity contribution in [2.75, 3.05) is 4.90 Å². The third-order valence-electron chi connectivity index (χ3n) is 5.84. The fourth-order valence-corrected chi connectivity index (χ4v) is 4.25. The van der Waals surface area contributed by atoms with Crippen LogP contribution in [0, 0.1) is 10.1 Å². The molecule has 0 bridgehead atoms. The van der Waals surface area contributed by atoms with Gasteiger partial charge in [-0.25, -0.2) is 9.69 Å². The molecule has 0 fully saturated rings. The number of anilines is 1. The van der Waals surface area contributed by atoms with E-state index in [4.69, 9.17) is 32.7 Å². The number of amides is 2. The molecular weight excluding hydrogens is 547 g/mol. The minimum absolute atomic E-state index is 0.0437. The first kappa shape index (κ1) is 25.9. The third kappa shape index (κ3) is 5.31. The van der Waals surface area contributed by atoms with Crippen LogP contribution in [-0.2, 0) is 11.3 Å². The molecule has 0 radical (unpaired) electrons. The Morgan fingerprint density at radius 1 is 0.821 bits per heavy atom. The van der Waals surface area contributed by atoms with E-state index in [1.807, 2.05) is 0 Å². The van der Waals surface area contributed by atoms with Crippen LogP contribution in [0.25, 0.3) is 0 Å². The Hall–Kier alpha value is -4.73. The van der Waals surface area contributed by atoms with Gasteiger partial charge in [0.25, 0.3) is 17.5 Å². The molecule has 11 heteroatoms. The van der Waals surface area contributed by atoms with Crippen molar-refractivity contribution >= 4 is 52.4 Å². The summed E-state index contributed by atoms with van der Waals surface area (Å²) in [5.41, 5.74) is 1.41. The van der Waals surface area contributed by atoms with Gasteiger partial charge in [-0.2, -0.15) is 0 Å². The number of nitrogens with zero attached hydrogens (tertiary/aromatic N) is 2. The van der Waals surface area contributed by atoms with Gasteiger partial charge in [0.2, 0.25) is 0 Å². The molecule has 2 amide bonds. The molecule has 0 saturated heterocycles. The van der Waals surface area contributed by atoms with Crippen LogP contribution >= 0.6 is 23.2 Å². The van der Waals surface area contributed by atoms with Crippen LogP contribution in [0.2, 0.25) is 10.0 Å². The Balaban J connectivity index is 1.22. The normalized spacial score (nSPS) is 12.3. The highest BCUT2D eigenvalue weighted by atomic mass is 35.5. The molecule has 39 heavy (non-hydrogen) atoms. The molecule has 9 nitrogen and oxygen atoms in total. The monoisotopic (exact) mass is 562 g/mol. The van der Waals surface area contributed by atoms with Gasteiger partial charge < -0.3 is 9.47 Å². The Bertz CT molecular complexity index is 1600. The Morgan fingerprint density at radius 3 is 2.03 bits per heavy atom. The average molecular weight is 563 g/mol. The van der Waals surface area contributed by atoms with Gasteiger partial charge in [0.05, 0.1) is 37.3 Å². The van der Waals surface area contributed by atoms with Gasteiger partial charge in [-0.3, -0.25) is 19.7 Å². The number of carbonyl (C=O) groups is 3. The van der Waals surface area contributed by atoms with Crippen LogP contribution in [0.15, 0.2) is 84.9 Å². The molecule has 0 aromatic heterocycles. The summed E-state index contributed by atoms with van der Waals surface area (Å²) in [6.45, 7) is -0.0437. The smallest absolute Gasteiger partial charge is 0.338 e. The van der Waals surface area contributed by atoms with Crippen molar-refractivity contribution in [2.45, 2.75) is 6.61 Å². The second-order valence-corrected chi connectivity index (χ2v) is 9.20. The summed E-state index contributed by atoms with van der Waals surface area (Å²) in [4.78, 5) is 49.5. The van der Waals surface area contributed by atoms with Crippen molar-refractivity contribution in [1.82, 2.24) is 0 Å². The SMILES string of the molecule is O=C(OCc1cccc(Oc2ccc([N+](=O)[O-])cc2)c1)c1ccc(N2C(=O)c3cc(Cl)c(Cl)cc3C2=O)cc1. The number of esters is 1. The Kier molecular flexibility index (Phi) is 7.02. The van der Waals surface area contributed by atoms with Gasteiger partial charge in [-0.1, -0.05) is 35.3 Å². The first-order chi connectivity index (χ1) is 18.7. The maximum atomic E-state index is 12.8. The number of rotatable bonds is 7. The Morgan fingerprint density at radius 2 is 1.44 bits per heavy atom. The number of halogens is 2. The lowest BCUT2D eigenvalue weighted by Gasteiger charge is -2.14. The van der Waals surface area contributed by atoms with Crippen molar-refractivity contribution in [2.24, 2.45) is 0 Å². The van der Waals surface area contributed by atoms with Gasteiger partial charge in [0.15, 0.2) is 0 Å². The predicted octanol–water partition coefficient (Wildman–Crippen LogP) is 6.85. The number of carbonyl (C=O) groups excluding carboxylic acids is 3. The second kappa shape index (κ2) is 10.6. The number of nitro groups is 1. The van der Waals surface area contributed by atoms with Crippen molar-refractivity contribution in [3.63, 3.8) is 0 Å². The molecule has 4 aromatic carbocycles. The topological polar surface area (TPSA) is 116 Å². The average Bonchev–Trinajstić information content (AvgIpc) is 3.16. The number of benzene rings is 4. The van der Waals surface area contributed by atoms with Gasteiger partial charge in [-0.05, 0) is 66.2 Å². The summed E-state index contributed by atoms with van der Waals surface area (Å²) in [6.07, 6.45) is 0. The lowest BCUT2D eigenvalue weighted by Crippen LogP contribution is -2.29. The highest BCUT2D eigenvalue weighted by Gasteiger charge is 2.37. The first-order valence-electron chi connectivity index (χ1n) is 11.4. The van der Waals surface area contributed by atoms with Crippen LogP contribution in [0.4, 0.5) is 11.4 Å². The molecule has 0 saturated carbocycles. The standard InChI is InChI=1S/C28H16Cl2N2O7/c29-24-13-22-23(14-25(24)30)27(34)31(26(22)33)18-6-4-17(5-7-18)28(35)38-15-16-2-1-3-21(12-16)39-20-10-8-19(9-11-20)32(36)37/h1-14H,15H2. The zero-order valence-corrected chi connectivity index (χ0v) is 21.3. The largest absolute Gasteiger partial charge is 0.457 e. The number of hydrogen-bond donors (Lipinski definition) is 0. The van der Waals surface area contributed by atoms with E-state index in [1.165, 1.54) is 60.7 Å². The van der Waals surface area contributed by atoms with Crippen molar-refractivity contribution in [1.29, 1.82) is 0 Å². The summed E-state index contributed by atoms with van der Waals surface area (Å²) >= 11 is 12.0. The lowest BCUT2D eigenvalue weighted by atomic mass is 10.1. The molecule has 1 aliphatic heterocycles. The third-order valence-corrected chi connectivity index (χ3v) is 6.56. The van der Waals surface area contributed by atoms with E-state index >= 15 is 0 Å². The van der Waals surface area contributed by atoms with E-state index in [0.29, 0.717) is 17.1 Å². The zero-order chi connectivity index (χ0) is 27.7. The van der Waals surface area contributed by atoms with Crippen LogP contribution in [-0.4, -0.2) is 22.7 Å². The minimum Gasteiger partial charge on any atom is -0.457 e. The van der Waals surface area contributed by atoms with Gasteiger partial charge in [-0.15, -0.1) is 0 Å². The summed E-state index contributed by atoms with van der Waals surface area (Å²) < 4.78 is 11.1. The van der Waals surface area contributed by atoms with E-state index in [1.54, 1.807) is 24.3 Å². The molecule has 0 aliphatic carbocycles. The van der Waals surface area contributed by atoms with Gasteiger partial charge in [0, 0.05) is 12.1 Å². The highest BCUT2D eigenvalue weighted by Crippen LogP contribution is 2.34. The lowest BCUT2D eigenvalue weighted by molar-refractivity contribution is -0.384. The minimum atomic E-state index is -0.607. The van der Waals surface area contributed by atoms with Gasteiger partial charge in [0.1, 0.15) is 18.1 Å². The molecule has 0 unspecified atom stereocenters. The van der Waals surface area contributed by atoms with E-state index in [2.05, 4.69) is 0 Å². The highest BCUT2D eigenvalue weighted by molar-refractivity contribution is 6.44. The second-order valence-electron chi connectivity index (χ2n) is 8.38. The fourth-order valence-electron chi connectivity index (χ4n) is 3.92. The van der Waals surface area contributed by atoms with Crippen molar-refractivity contribution in [3.8, 4) is 11.5 Å². The van der Waals surface area contributed by atoms with Crippen molar-refractivity contribution in [3.05, 3.63) is 127 Å². The quantitative estimate of drug-likeness (QED) is 0.104. The molecule has 1 aliphatic rings. The Labute approximate surface area is 231 Å². The maximum Gasteiger partial charge on any atom is 0.338 e. The van der Waals surface area contributed by atoms with Crippen LogP contribution in [0.1, 0.15) is 36.6 Å². The summed E-state index contributed by atoms with van der Waals surface area (Å²) in [7, 11) is 0. The van der Waals surface area contributed by atoms with E-state index in [9.17, 15) is 24.5 Å². The van der Waals surface area contributed by atoms with Gasteiger partial charge >= 0.3 is 5.97 Å². The van der Waals surface area contributed by atoms with Crippen LogP contribution in [0.3, 0.4) is 0 Å². The molecule has 5 rings (SSSR count). The van der Waals surface area contributed by atoms with E-state index < -0.39 is 22.7 Å². The molecule has 0 atom stereocenters. The molecule has 0 N–H and O–H groups in total. The molecule has 4 aromatic rings. The molecule has 194 valence electrons. The summed E-state index contributed by atoms with van der Waals surface area (Å²) in [5, 5.41) is 11.1. The first-order valence-corrected chi connectivity index (χ1v) is 12.1. The molecular formula is C28H16Cl2N2O7. The van der Waals surface area contributed by atoms with Crippen LogP contribution < -0.4 is 9.64 Å². The number of non-ortho nitro benzene ring substituents is 1. The number of nitro benzene ring substituents is 1. The predicted molar refractivity (Wildman–Crippen MR) is 143 cm³/mol. The number of hydrogen-bond acceptors (Lipinski definition) is 7. The molecule has 0 spiro atoms. The number of fused-ring (bicyclic) bond motifs is 1. The number of imide groups is 1. The molecule has 1 heterocycles. The van der Waals surface area contributed by atoms with E-state index in [0.717, 1.165) is 4.90 Å². The van der Waals surface area contributed by atoms with Crippen molar-refractivity contribution < 1.29 is 28.8 Å². The zero-order valence-electron chi connectivity index (χ0n) is 19.8. The maximum absolute atomic E-state index is 12.8. The van der Waals surface area contributed by atoms with Crippen LogP contribution in [0.5, 0.6) is 11.5 Å². The van der Waals surface area contributed by atoms with E-state index in [-0.39, 0.29) is 44.7 Å².